The number of rotatable bonds is 2. The Morgan fingerprint density at radius 1 is 0.706 bits per heavy atom. The van der Waals surface area contributed by atoms with Gasteiger partial charge < -0.3 is 4.74 Å². The maximum atomic E-state index is 6.05. The summed E-state index contributed by atoms with van der Waals surface area (Å²) in [5.41, 5.74) is 6.88. The Kier molecular flexibility index (Phi) is 3.91. The monoisotopic (exact) mass is 234 g/mol. The van der Waals surface area contributed by atoms with Gasteiger partial charge in [-0.15, -0.1) is 0 Å². The molecule has 0 aliphatic carbocycles. The topological polar surface area (TPSA) is 9.23 Å². The van der Waals surface area contributed by atoms with Gasteiger partial charge in [-0.25, -0.2) is 0 Å². The molecule has 0 heterocycles. The first-order chi connectivity index (χ1) is 7.65. The minimum atomic E-state index is 0.200. The van der Waals surface area contributed by atoms with E-state index in [1.807, 2.05) is 0 Å². The molecule has 0 atom stereocenters. The highest BCUT2D eigenvalue weighted by molar-refractivity contribution is 5.53. The lowest BCUT2D eigenvalue weighted by atomic mass is 9.93. The maximum Gasteiger partial charge on any atom is 0.125 e. The van der Waals surface area contributed by atoms with Gasteiger partial charge in [-0.05, 0) is 67.9 Å². The largest absolute Gasteiger partial charge is 0.492 e. The third kappa shape index (κ3) is 3.02. The molecule has 0 aromatic heterocycles. The van der Waals surface area contributed by atoms with Crippen LogP contribution in [0.25, 0.3) is 0 Å². The molecule has 1 aromatic rings. The zero-order valence-electron chi connectivity index (χ0n) is 12.6. The Morgan fingerprint density at radius 3 is 1.41 bits per heavy atom. The summed E-state index contributed by atoms with van der Waals surface area (Å²) < 4.78 is 6.05. The molecule has 0 radical (unpaired) electrons. The summed E-state index contributed by atoms with van der Waals surface area (Å²) in [5.74, 6) is 1.08. The molecule has 1 aromatic carbocycles. The first-order valence-corrected chi connectivity index (χ1v) is 6.35. The van der Waals surface area contributed by atoms with Crippen molar-refractivity contribution >= 4 is 0 Å². The molecule has 17 heavy (non-hydrogen) atoms. The van der Waals surface area contributed by atoms with Crippen molar-refractivity contribution in [1.82, 2.24) is 0 Å². The summed E-state index contributed by atoms with van der Waals surface area (Å²) in [6.45, 7) is 18.2. The van der Waals surface area contributed by atoms with Crippen LogP contribution in [-0.4, -0.2) is 6.61 Å². The molecule has 0 spiro atoms. The minimum Gasteiger partial charge on any atom is -0.492 e. The Hall–Kier alpha value is -0.980. The molecule has 96 valence electrons. The second-order valence-electron chi connectivity index (χ2n) is 6.30. The minimum absolute atomic E-state index is 0.200. The van der Waals surface area contributed by atoms with Crippen LogP contribution in [0.5, 0.6) is 5.75 Å². The van der Waals surface area contributed by atoms with Gasteiger partial charge in [-0.1, -0.05) is 20.8 Å². The van der Waals surface area contributed by atoms with E-state index in [9.17, 15) is 0 Å². The molecule has 0 saturated heterocycles. The summed E-state index contributed by atoms with van der Waals surface area (Å²) >= 11 is 0. The molecule has 0 N–H and O–H groups in total. The van der Waals surface area contributed by atoms with E-state index in [0.29, 0.717) is 0 Å². The van der Waals surface area contributed by atoms with Gasteiger partial charge >= 0.3 is 0 Å². The highest BCUT2D eigenvalue weighted by Gasteiger charge is 2.16. The van der Waals surface area contributed by atoms with E-state index in [2.05, 4.69) is 55.4 Å². The van der Waals surface area contributed by atoms with Crippen molar-refractivity contribution in [2.45, 2.75) is 55.4 Å². The highest BCUT2D eigenvalue weighted by Crippen LogP contribution is 2.33. The number of hydrogen-bond donors (Lipinski definition) is 0. The molecule has 0 aliphatic rings. The van der Waals surface area contributed by atoms with Gasteiger partial charge in [0.25, 0.3) is 0 Å². The maximum absolute atomic E-state index is 6.05. The normalized spacial score (nSPS) is 11.8. The fraction of sp³-hybridized carbons (Fsp3) is 0.625. The Labute approximate surface area is 106 Å². The molecule has 1 nitrogen and oxygen atoms in total. The molecule has 0 amide bonds. The van der Waals surface area contributed by atoms with Crippen LogP contribution in [-0.2, 0) is 0 Å². The average Bonchev–Trinajstić information content (AvgIpc) is 2.22. The number of benzene rings is 1. The van der Waals surface area contributed by atoms with Gasteiger partial charge in [-0.3, -0.25) is 0 Å². The quantitative estimate of drug-likeness (QED) is 0.723. The van der Waals surface area contributed by atoms with Crippen LogP contribution in [0, 0.1) is 40.0 Å². The Bertz CT molecular complexity index is 393. The lowest BCUT2D eigenvalue weighted by molar-refractivity contribution is 0.195. The van der Waals surface area contributed by atoms with Crippen LogP contribution in [0.15, 0.2) is 0 Å². The third-order valence-electron chi connectivity index (χ3n) is 3.58. The highest BCUT2D eigenvalue weighted by atomic mass is 16.5. The van der Waals surface area contributed by atoms with Crippen molar-refractivity contribution in [3.63, 3.8) is 0 Å². The van der Waals surface area contributed by atoms with Crippen LogP contribution in [0.1, 0.15) is 48.6 Å². The van der Waals surface area contributed by atoms with E-state index >= 15 is 0 Å². The van der Waals surface area contributed by atoms with E-state index in [1.165, 1.54) is 27.8 Å². The van der Waals surface area contributed by atoms with Gasteiger partial charge in [0.15, 0.2) is 0 Å². The average molecular weight is 234 g/mol. The Morgan fingerprint density at radius 2 is 1.06 bits per heavy atom. The lowest BCUT2D eigenvalue weighted by Gasteiger charge is -2.23. The second kappa shape index (κ2) is 4.72. The Balaban J connectivity index is 3.16. The fourth-order valence-corrected chi connectivity index (χ4v) is 1.97. The van der Waals surface area contributed by atoms with E-state index in [-0.39, 0.29) is 5.41 Å². The van der Waals surface area contributed by atoms with Crippen molar-refractivity contribution in [1.29, 1.82) is 0 Å². The lowest BCUT2D eigenvalue weighted by Crippen LogP contribution is -2.18. The van der Waals surface area contributed by atoms with Crippen LogP contribution < -0.4 is 4.74 Å². The summed E-state index contributed by atoms with van der Waals surface area (Å²) in [4.78, 5) is 0. The van der Waals surface area contributed by atoms with Gasteiger partial charge in [-0.2, -0.15) is 0 Å². The summed E-state index contributed by atoms with van der Waals surface area (Å²) in [6, 6.07) is 0. The fourth-order valence-electron chi connectivity index (χ4n) is 1.97. The molecular formula is C16H26O. The summed E-state index contributed by atoms with van der Waals surface area (Å²) in [5, 5.41) is 0. The predicted molar refractivity (Wildman–Crippen MR) is 75.1 cm³/mol. The standard InChI is InChI=1S/C16H26O/c1-10-11(2)13(4)15(14(5)12(10)3)17-9-16(6,7)8/h9H2,1-8H3. The summed E-state index contributed by atoms with van der Waals surface area (Å²) in [7, 11) is 0. The van der Waals surface area contributed by atoms with E-state index in [0.717, 1.165) is 12.4 Å². The molecule has 0 saturated carbocycles. The first-order valence-electron chi connectivity index (χ1n) is 6.35. The molecular weight excluding hydrogens is 208 g/mol. The molecule has 0 unspecified atom stereocenters. The zero-order chi connectivity index (χ0) is 13.4. The number of ether oxygens (including phenoxy) is 1. The number of hydrogen-bond acceptors (Lipinski definition) is 1. The van der Waals surface area contributed by atoms with Crippen LogP contribution in [0.3, 0.4) is 0 Å². The van der Waals surface area contributed by atoms with E-state index in [1.54, 1.807) is 0 Å². The predicted octanol–water partition coefficient (Wildman–Crippen LogP) is 4.65. The van der Waals surface area contributed by atoms with Crippen LogP contribution in [0.2, 0.25) is 0 Å². The van der Waals surface area contributed by atoms with Gasteiger partial charge in [0, 0.05) is 0 Å². The summed E-state index contributed by atoms with van der Waals surface area (Å²) in [6.07, 6.45) is 0. The van der Waals surface area contributed by atoms with E-state index in [4.69, 9.17) is 4.74 Å². The van der Waals surface area contributed by atoms with Crippen molar-refractivity contribution in [3.8, 4) is 5.75 Å². The van der Waals surface area contributed by atoms with Crippen LogP contribution >= 0.6 is 0 Å². The van der Waals surface area contributed by atoms with Crippen LogP contribution in [0.4, 0.5) is 0 Å². The first kappa shape index (κ1) is 14.1. The SMILES string of the molecule is Cc1c(C)c(C)c(OCC(C)(C)C)c(C)c1C. The third-order valence-corrected chi connectivity index (χ3v) is 3.58. The van der Waals surface area contributed by atoms with Crippen molar-refractivity contribution < 1.29 is 4.74 Å². The van der Waals surface area contributed by atoms with Crippen molar-refractivity contribution in [2.75, 3.05) is 6.61 Å². The molecule has 1 heteroatoms. The molecule has 0 aliphatic heterocycles. The van der Waals surface area contributed by atoms with Gasteiger partial charge in [0.05, 0.1) is 6.61 Å². The van der Waals surface area contributed by atoms with Gasteiger partial charge in [0.2, 0.25) is 0 Å². The van der Waals surface area contributed by atoms with Crippen molar-refractivity contribution in [2.24, 2.45) is 5.41 Å². The second-order valence-corrected chi connectivity index (χ2v) is 6.30. The van der Waals surface area contributed by atoms with Gasteiger partial charge in [0.1, 0.15) is 5.75 Å². The van der Waals surface area contributed by atoms with E-state index < -0.39 is 0 Å². The molecule has 1 rings (SSSR count). The zero-order valence-corrected chi connectivity index (χ0v) is 12.6. The smallest absolute Gasteiger partial charge is 0.125 e. The van der Waals surface area contributed by atoms with Crippen molar-refractivity contribution in [3.05, 3.63) is 27.8 Å². The molecule has 0 bridgehead atoms. The molecule has 0 fully saturated rings.